The Morgan fingerprint density at radius 2 is 1.87 bits per heavy atom. The van der Waals surface area contributed by atoms with Crippen molar-refractivity contribution in [2.45, 2.75) is 19.3 Å². The molecule has 3 rings (SSSR count). The molecule has 0 saturated heterocycles. The van der Waals surface area contributed by atoms with Crippen LogP contribution in [0.25, 0.3) is 11.8 Å². The second-order valence-corrected chi connectivity index (χ2v) is 6.12. The quantitative estimate of drug-likeness (QED) is 0.442. The Hall–Kier alpha value is -3.50. The van der Waals surface area contributed by atoms with Gasteiger partial charge in [0.15, 0.2) is 0 Å². The maximum Gasteiger partial charge on any atom is 0.418 e. The van der Waals surface area contributed by atoms with Crippen LogP contribution >= 0.6 is 0 Å². The Morgan fingerprint density at radius 1 is 1.13 bits per heavy atom. The van der Waals surface area contributed by atoms with Crippen molar-refractivity contribution in [2.24, 2.45) is 0 Å². The lowest BCUT2D eigenvalue weighted by atomic mass is 10.1. The van der Waals surface area contributed by atoms with Gasteiger partial charge in [-0.2, -0.15) is 31.4 Å². The van der Waals surface area contributed by atoms with E-state index in [4.69, 9.17) is 4.42 Å². The number of alkyl halides is 6. The van der Waals surface area contributed by atoms with Gasteiger partial charge in [-0.1, -0.05) is 0 Å². The van der Waals surface area contributed by atoms with Crippen molar-refractivity contribution < 1.29 is 35.6 Å². The number of aromatic nitrogens is 2. The molecule has 0 aliphatic heterocycles. The highest BCUT2D eigenvalue weighted by molar-refractivity contribution is 6.02. The number of furan rings is 1. The van der Waals surface area contributed by atoms with Crippen LogP contribution in [0.1, 0.15) is 22.6 Å². The molecule has 3 aromatic rings. The summed E-state index contributed by atoms with van der Waals surface area (Å²) in [6.07, 6.45) is -4.94. The van der Waals surface area contributed by atoms with Gasteiger partial charge >= 0.3 is 12.4 Å². The van der Waals surface area contributed by atoms with Crippen LogP contribution in [0.3, 0.4) is 0 Å². The second kappa shape index (κ2) is 7.73. The minimum Gasteiger partial charge on any atom is -0.465 e. The van der Waals surface area contributed by atoms with Crippen molar-refractivity contribution >= 4 is 17.7 Å². The molecule has 30 heavy (non-hydrogen) atoms. The van der Waals surface area contributed by atoms with E-state index < -0.39 is 35.1 Å². The summed E-state index contributed by atoms with van der Waals surface area (Å²) < 4.78 is 84.5. The van der Waals surface area contributed by atoms with E-state index in [1.54, 1.807) is 12.1 Å². The molecule has 0 unspecified atom stereocenters. The number of rotatable bonds is 4. The molecular formula is C19H13F6N3O2. The van der Waals surface area contributed by atoms with Crippen LogP contribution in [0.15, 0.2) is 53.3 Å². The van der Waals surface area contributed by atoms with Gasteiger partial charge in [0.1, 0.15) is 5.76 Å². The SMILES string of the molecule is Cc1c(NC(=O)C=Cc2ccco2)cnn1-c1ccc(C(F)(F)F)cc1C(F)(F)F. The van der Waals surface area contributed by atoms with Gasteiger partial charge in [0.25, 0.3) is 0 Å². The van der Waals surface area contributed by atoms with E-state index >= 15 is 0 Å². The van der Waals surface area contributed by atoms with Gasteiger partial charge in [-0.3, -0.25) is 4.79 Å². The van der Waals surface area contributed by atoms with Crippen LogP contribution in [-0.4, -0.2) is 15.7 Å². The monoisotopic (exact) mass is 429 g/mol. The molecule has 0 radical (unpaired) electrons. The molecule has 2 aromatic heterocycles. The maximum absolute atomic E-state index is 13.4. The molecule has 2 heterocycles. The molecule has 1 N–H and O–H groups in total. The number of halogens is 6. The van der Waals surface area contributed by atoms with Crippen LogP contribution in [0.4, 0.5) is 32.0 Å². The average Bonchev–Trinajstić information content (AvgIpc) is 3.29. The minimum absolute atomic E-state index is 0.0286. The van der Waals surface area contributed by atoms with E-state index in [1.807, 2.05) is 0 Å². The van der Waals surface area contributed by atoms with Crippen molar-refractivity contribution in [3.8, 4) is 5.69 Å². The average molecular weight is 429 g/mol. The molecule has 0 atom stereocenters. The van der Waals surface area contributed by atoms with Gasteiger partial charge in [-0.15, -0.1) is 0 Å². The smallest absolute Gasteiger partial charge is 0.418 e. The largest absolute Gasteiger partial charge is 0.465 e. The summed E-state index contributed by atoms with van der Waals surface area (Å²) in [5.41, 5.74) is -3.34. The van der Waals surface area contributed by atoms with E-state index in [9.17, 15) is 31.1 Å². The van der Waals surface area contributed by atoms with Crippen LogP contribution in [0, 0.1) is 6.92 Å². The first kappa shape index (κ1) is 21.2. The van der Waals surface area contributed by atoms with E-state index in [0.29, 0.717) is 17.9 Å². The van der Waals surface area contributed by atoms with E-state index in [0.717, 1.165) is 17.0 Å². The first-order valence-corrected chi connectivity index (χ1v) is 8.33. The molecule has 158 valence electrons. The van der Waals surface area contributed by atoms with Gasteiger partial charge in [0.2, 0.25) is 5.91 Å². The zero-order valence-electron chi connectivity index (χ0n) is 15.2. The number of amides is 1. The third-order valence-corrected chi connectivity index (χ3v) is 4.07. The van der Waals surface area contributed by atoms with Crippen molar-refractivity contribution in [3.05, 3.63) is 71.4 Å². The first-order valence-electron chi connectivity index (χ1n) is 8.33. The van der Waals surface area contributed by atoms with E-state index in [2.05, 4.69) is 10.4 Å². The topological polar surface area (TPSA) is 60.1 Å². The molecule has 0 spiro atoms. The Morgan fingerprint density at radius 3 is 2.47 bits per heavy atom. The summed E-state index contributed by atoms with van der Waals surface area (Å²) in [7, 11) is 0. The highest BCUT2D eigenvalue weighted by Gasteiger charge is 2.39. The van der Waals surface area contributed by atoms with Crippen molar-refractivity contribution in [2.75, 3.05) is 5.32 Å². The molecule has 0 aliphatic carbocycles. The van der Waals surface area contributed by atoms with Gasteiger partial charge < -0.3 is 9.73 Å². The third-order valence-electron chi connectivity index (χ3n) is 4.07. The number of hydrogen-bond acceptors (Lipinski definition) is 3. The summed E-state index contributed by atoms with van der Waals surface area (Å²) in [5, 5.41) is 6.24. The fourth-order valence-electron chi connectivity index (χ4n) is 2.62. The predicted octanol–water partition coefficient (Wildman–Crippen LogP) is 5.46. The zero-order chi connectivity index (χ0) is 22.1. The highest BCUT2D eigenvalue weighted by atomic mass is 19.4. The van der Waals surface area contributed by atoms with Gasteiger partial charge in [-0.05, 0) is 43.3 Å². The van der Waals surface area contributed by atoms with Gasteiger partial charge in [0.05, 0.1) is 40.7 Å². The lowest BCUT2D eigenvalue weighted by Crippen LogP contribution is -2.15. The third kappa shape index (κ3) is 4.56. The summed E-state index contributed by atoms with van der Waals surface area (Å²) >= 11 is 0. The molecule has 1 aromatic carbocycles. The van der Waals surface area contributed by atoms with Crippen molar-refractivity contribution in [1.29, 1.82) is 0 Å². The Kier molecular flexibility index (Phi) is 5.47. The summed E-state index contributed by atoms with van der Waals surface area (Å²) in [5.74, 6) is -0.186. The van der Waals surface area contributed by atoms with Crippen LogP contribution in [0.5, 0.6) is 0 Å². The van der Waals surface area contributed by atoms with Crippen LogP contribution in [-0.2, 0) is 17.1 Å². The van der Waals surface area contributed by atoms with Gasteiger partial charge in [0, 0.05) is 6.08 Å². The minimum atomic E-state index is -5.05. The second-order valence-electron chi connectivity index (χ2n) is 6.12. The lowest BCUT2D eigenvalue weighted by Gasteiger charge is -2.17. The molecular weight excluding hydrogens is 416 g/mol. The first-order chi connectivity index (χ1) is 14.0. The Labute approximate surface area is 165 Å². The Balaban J connectivity index is 1.92. The highest BCUT2D eigenvalue weighted by Crippen LogP contribution is 2.39. The van der Waals surface area contributed by atoms with Crippen molar-refractivity contribution in [1.82, 2.24) is 9.78 Å². The standard InChI is InChI=1S/C19H13F6N3O2/c1-11-15(27-17(29)7-5-13-3-2-8-30-13)10-26-28(11)16-6-4-12(18(20,21)22)9-14(16)19(23,24)25/h2-10H,1H3,(H,27,29). The zero-order valence-corrected chi connectivity index (χ0v) is 15.2. The van der Waals surface area contributed by atoms with E-state index in [-0.39, 0.29) is 17.4 Å². The van der Waals surface area contributed by atoms with Crippen LogP contribution < -0.4 is 5.32 Å². The molecule has 11 heteroatoms. The molecule has 0 fully saturated rings. The number of benzene rings is 1. The summed E-state index contributed by atoms with van der Waals surface area (Å²) in [4.78, 5) is 12.0. The van der Waals surface area contributed by atoms with E-state index in [1.165, 1.54) is 19.3 Å². The number of carbonyl (C=O) groups excluding carboxylic acids is 1. The van der Waals surface area contributed by atoms with Crippen LogP contribution in [0.2, 0.25) is 0 Å². The number of nitrogens with one attached hydrogen (secondary N) is 1. The normalized spacial score (nSPS) is 12.5. The number of carbonyl (C=O) groups is 1. The lowest BCUT2D eigenvalue weighted by molar-refractivity contribution is -0.143. The molecule has 0 saturated carbocycles. The number of anilines is 1. The number of nitrogens with zero attached hydrogens (tertiary/aromatic N) is 2. The molecule has 0 bridgehead atoms. The van der Waals surface area contributed by atoms with Crippen molar-refractivity contribution in [3.63, 3.8) is 0 Å². The fraction of sp³-hybridized carbons (Fsp3) is 0.158. The molecule has 5 nitrogen and oxygen atoms in total. The molecule has 1 amide bonds. The fourth-order valence-corrected chi connectivity index (χ4v) is 2.62. The predicted molar refractivity (Wildman–Crippen MR) is 94.7 cm³/mol. The maximum atomic E-state index is 13.4. The summed E-state index contributed by atoms with van der Waals surface area (Å²) in [6, 6.07) is 4.48. The summed E-state index contributed by atoms with van der Waals surface area (Å²) in [6.45, 7) is 1.37. The Bertz CT molecular complexity index is 1080. The molecule has 0 aliphatic rings. The van der Waals surface area contributed by atoms with Gasteiger partial charge in [-0.25, -0.2) is 4.68 Å². The number of hydrogen-bond donors (Lipinski definition) is 1.